The van der Waals surface area contributed by atoms with E-state index in [-0.39, 0.29) is 0 Å². The lowest BCUT2D eigenvalue weighted by Crippen LogP contribution is -2.12. The van der Waals surface area contributed by atoms with Crippen molar-refractivity contribution >= 4 is 0 Å². The highest BCUT2D eigenvalue weighted by atomic mass is 16.3. The molecule has 0 saturated heterocycles. The first-order valence-corrected chi connectivity index (χ1v) is 5.78. The van der Waals surface area contributed by atoms with E-state index < -0.39 is 0 Å². The van der Waals surface area contributed by atoms with Gasteiger partial charge in [-0.3, -0.25) is 0 Å². The minimum absolute atomic E-state index is 0.298. The van der Waals surface area contributed by atoms with E-state index in [0.717, 1.165) is 12.8 Å². The third kappa shape index (κ3) is 4.48. The average molecular weight is 206 g/mol. The van der Waals surface area contributed by atoms with Gasteiger partial charge in [0.15, 0.2) is 0 Å². The van der Waals surface area contributed by atoms with Crippen molar-refractivity contribution in [3.63, 3.8) is 0 Å². The maximum atomic E-state index is 9.29. The van der Waals surface area contributed by atoms with Crippen molar-refractivity contribution in [2.45, 2.75) is 33.6 Å². The molecule has 0 bridgehead atoms. The molecular weight excluding hydrogens is 184 g/mol. The first-order chi connectivity index (χ1) is 7.11. The second kappa shape index (κ2) is 5.92. The average Bonchev–Trinajstić information content (AvgIpc) is 2.19. The molecule has 0 heterocycles. The van der Waals surface area contributed by atoms with E-state index in [1.54, 1.807) is 0 Å². The van der Waals surface area contributed by atoms with Crippen LogP contribution in [0.5, 0.6) is 0 Å². The van der Waals surface area contributed by atoms with Gasteiger partial charge < -0.3 is 5.11 Å². The number of hydrogen-bond donors (Lipinski definition) is 1. The van der Waals surface area contributed by atoms with Crippen LogP contribution in [-0.4, -0.2) is 11.7 Å². The fourth-order valence-electron chi connectivity index (χ4n) is 1.95. The molecule has 1 nitrogen and oxygen atoms in total. The summed E-state index contributed by atoms with van der Waals surface area (Å²) in [4.78, 5) is 0. The normalized spacial score (nSPS) is 13.1. The first-order valence-electron chi connectivity index (χ1n) is 5.78. The molecule has 0 aromatic heterocycles. The van der Waals surface area contributed by atoms with Gasteiger partial charge in [0.1, 0.15) is 0 Å². The molecule has 1 rings (SSSR count). The molecule has 1 N–H and O–H groups in total. The number of benzene rings is 1. The Bertz CT molecular complexity index is 274. The van der Waals surface area contributed by atoms with Crippen LogP contribution in [0.2, 0.25) is 0 Å². The van der Waals surface area contributed by atoms with Gasteiger partial charge in [-0.15, -0.1) is 0 Å². The Hall–Kier alpha value is -0.820. The Labute approximate surface area is 93.1 Å². The molecule has 1 heteroatoms. The summed E-state index contributed by atoms with van der Waals surface area (Å²) >= 11 is 0. The van der Waals surface area contributed by atoms with Crippen molar-refractivity contribution in [3.8, 4) is 0 Å². The Balaban J connectivity index is 2.54. The summed E-state index contributed by atoms with van der Waals surface area (Å²) in [5.74, 6) is 1.07. The summed E-state index contributed by atoms with van der Waals surface area (Å²) in [5, 5.41) is 9.29. The zero-order valence-electron chi connectivity index (χ0n) is 10.0. The molecular formula is C14H22O. The molecule has 1 aromatic rings. The molecule has 0 saturated carbocycles. The lowest BCUT2D eigenvalue weighted by atomic mass is 9.91. The van der Waals surface area contributed by atoms with E-state index in [2.05, 4.69) is 45.0 Å². The number of aryl methyl sites for hydroxylation is 1. The van der Waals surface area contributed by atoms with Crippen LogP contribution in [0, 0.1) is 18.8 Å². The van der Waals surface area contributed by atoms with Crippen molar-refractivity contribution in [2.75, 3.05) is 6.61 Å². The third-order valence-corrected chi connectivity index (χ3v) is 2.71. The number of aliphatic hydroxyl groups is 1. The second-order valence-corrected chi connectivity index (χ2v) is 4.87. The van der Waals surface area contributed by atoms with Crippen molar-refractivity contribution < 1.29 is 5.11 Å². The summed E-state index contributed by atoms with van der Waals surface area (Å²) in [7, 11) is 0. The van der Waals surface area contributed by atoms with E-state index in [0.29, 0.717) is 18.4 Å². The Morgan fingerprint density at radius 2 is 1.73 bits per heavy atom. The standard InChI is InChI=1S/C14H22O/c1-11(2)8-14(10-15)9-13-6-4-12(3)5-7-13/h4-7,11,14-15H,8-10H2,1-3H3. The van der Waals surface area contributed by atoms with Gasteiger partial charge >= 0.3 is 0 Å². The summed E-state index contributed by atoms with van der Waals surface area (Å²) in [6.45, 7) is 6.81. The van der Waals surface area contributed by atoms with Crippen molar-refractivity contribution in [2.24, 2.45) is 11.8 Å². The monoisotopic (exact) mass is 206 g/mol. The van der Waals surface area contributed by atoms with E-state index in [1.807, 2.05) is 0 Å². The molecule has 0 amide bonds. The third-order valence-electron chi connectivity index (χ3n) is 2.71. The summed E-state index contributed by atoms with van der Waals surface area (Å²) in [6.07, 6.45) is 2.10. The Morgan fingerprint density at radius 3 is 2.20 bits per heavy atom. The Kier molecular flexibility index (Phi) is 4.83. The van der Waals surface area contributed by atoms with Crippen LogP contribution in [0.15, 0.2) is 24.3 Å². The highest BCUT2D eigenvalue weighted by Gasteiger charge is 2.10. The minimum Gasteiger partial charge on any atom is -0.396 e. The molecule has 0 spiro atoms. The topological polar surface area (TPSA) is 20.2 Å². The Morgan fingerprint density at radius 1 is 1.13 bits per heavy atom. The number of rotatable bonds is 5. The SMILES string of the molecule is Cc1ccc(CC(CO)CC(C)C)cc1. The van der Waals surface area contributed by atoms with Crippen LogP contribution in [0.25, 0.3) is 0 Å². The van der Waals surface area contributed by atoms with Crippen molar-refractivity contribution in [3.05, 3.63) is 35.4 Å². The molecule has 1 atom stereocenters. The number of hydrogen-bond acceptors (Lipinski definition) is 1. The van der Waals surface area contributed by atoms with Gasteiger partial charge in [-0.05, 0) is 37.2 Å². The van der Waals surface area contributed by atoms with Crippen LogP contribution in [0.1, 0.15) is 31.4 Å². The highest BCUT2D eigenvalue weighted by Crippen LogP contribution is 2.17. The maximum absolute atomic E-state index is 9.29. The zero-order chi connectivity index (χ0) is 11.3. The van der Waals surface area contributed by atoms with E-state index in [9.17, 15) is 5.11 Å². The molecule has 0 aliphatic rings. The maximum Gasteiger partial charge on any atom is 0.0462 e. The van der Waals surface area contributed by atoms with E-state index >= 15 is 0 Å². The molecule has 0 aliphatic carbocycles. The molecule has 15 heavy (non-hydrogen) atoms. The van der Waals surface area contributed by atoms with Crippen LogP contribution >= 0.6 is 0 Å². The summed E-state index contributed by atoms with van der Waals surface area (Å²) in [5.41, 5.74) is 2.63. The van der Waals surface area contributed by atoms with Crippen molar-refractivity contribution in [1.82, 2.24) is 0 Å². The fraction of sp³-hybridized carbons (Fsp3) is 0.571. The lowest BCUT2D eigenvalue weighted by Gasteiger charge is -2.16. The largest absolute Gasteiger partial charge is 0.396 e. The molecule has 0 radical (unpaired) electrons. The van der Waals surface area contributed by atoms with Gasteiger partial charge in [0.2, 0.25) is 0 Å². The first kappa shape index (κ1) is 12.3. The van der Waals surface area contributed by atoms with Gasteiger partial charge in [0, 0.05) is 6.61 Å². The van der Waals surface area contributed by atoms with Crippen LogP contribution < -0.4 is 0 Å². The quantitative estimate of drug-likeness (QED) is 0.784. The van der Waals surface area contributed by atoms with Gasteiger partial charge in [0.05, 0.1) is 0 Å². The smallest absolute Gasteiger partial charge is 0.0462 e. The van der Waals surface area contributed by atoms with Gasteiger partial charge in [-0.25, -0.2) is 0 Å². The number of aliphatic hydroxyl groups excluding tert-OH is 1. The summed E-state index contributed by atoms with van der Waals surface area (Å²) < 4.78 is 0. The fourth-order valence-corrected chi connectivity index (χ4v) is 1.95. The summed E-state index contributed by atoms with van der Waals surface area (Å²) in [6, 6.07) is 8.61. The van der Waals surface area contributed by atoms with Crippen LogP contribution in [0.3, 0.4) is 0 Å². The van der Waals surface area contributed by atoms with Gasteiger partial charge in [-0.1, -0.05) is 43.7 Å². The lowest BCUT2D eigenvalue weighted by molar-refractivity contribution is 0.205. The van der Waals surface area contributed by atoms with Gasteiger partial charge in [-0.2, -0.15) is 0 Å². The molecule has 1 unspecified atom stereocenters. The second-order valence-electron chi connectivity index (χ2n) is 4.87. The van der Waals surface area contributed by atoms with Gasteiger partial charge in [0.25, 0.3) is 0 Å². The van der Waals surface area contributed by atoms with Crippen LogP contribution in [-0.2, 0) is 6.42 Å². The zero-order valence-corrected chi connectivity index (χ0v) is 10.0. The minimum atomic E-state index is 0.298. The predicted octanol–water partition coefficient (Wildman–Crippen LogP) is 3.19. The molecule has 84 valence electrons. The van der Waals surface area contributed by atoms with Crippen molar-refractivity contribution in [1.29, 1.82) is 0 Å². The predicted molar refractivity (Wildman–Crippen MR) is 64.9 cm³/mol. The van der Waals surface area contributed by atoms with E-state index in [1.165, 1.54) is 11.1 Å². The van der Waals surface area contributed by atoms with E-state index in [4.69, 9.17) is 0 Å². The highest BCUT2D eigenvalue weighted by molar-refractivity contribution is 5.21. The molecule has 0 fully saturated rings. The molecule has 0 aliphatic heterocycles. The van der Waals surface area contributed by atoms with Crippen LogP contribution in [0.4, 0.5) is 0 Å². The molecule has 1 aromatic carbocycles.